The van der Waals surface area contributed by atoms with Crippen molar-refractivity contribution in [2.24, 2.45) is 5.92 Å². The van der Waals surface area contributed by atoms with Gasteiger partial charge in [-0.2, -0.15) is 0 Å². The third-order valence-corrected chi connectivity index (χ3v) is 5.30. The van der Waals surface area contributed by atoms with Crippen LogP contribution in [0.2, 0.25) is 0 Å². The third kappa shape index (κ3) is 3.91. The van der Waals surface area contributed by atoms with E-state index in [1.165, 1.54) is 12.1 Å². The van der Waals surface area contributed by atoms with Gasteiger partial charge in [-0.05, 0) is 62.1 Å². The van der Waals surface area contributed by atoms with Gasteiger partial charge in [0.25, 0.3) is 5.91 Å². The van der Waals surface area contributed by atoms with Gasteiger partial charge >= 0.3 is 0 Å². The van der Waals surface area contributed by atoms with Crippen molar-refractivity contribution in [1.29, 1.82) is 0 Å². The maximum Gasteiger partial charge on any atom is 0.292 e. The number of hydrogen-bond donors (Lipinski definition) is 0. The first-order valence-electron chi connectivity index (χ1n) is 9.19. The highest BCUT2D eigenvalue weighted by Crippen LogP contribution is 2.39. The lowest BCUT2D eigenvalue weighted by Crippen LogP contribution is -2.39. The van der Waals surface area contributed by atoms with Crippen molar-refractivity contribution in [1.82, 2.24) is 10.1 Å². The molecule has 1 unspecified atom stereocenters. The van der Waals surface area contributed by atoms with E-state index in [1.807, 2.05) is 23.1 Å². The number of nitrogens with zero attached hydrogens (tertiary/aromatic N) is 2. The summed E-state index contributed by atoms with van der Waals surface area (Å²) < 4.78 is 18.3. The molecule has 1 aromatic carbocycles. The van der Waals surface area contributed by atoms with Gasteiger partial charge in [0, 0.05) is 25.1 Å². The number of halogens is 1. The molecule has 1 aliphatic carbocycles. The Kier molecular flexibility index (Phi) is 4.55. The largest absolute Gasteiger partial charge is 0.351 e. The first-order chi connectivity index (χ1) is 12.2. The highest BCUT2D eigenvalue weighted by molar-refractivity contribution is 5.91. The minimum absolute atomic E-state index is 0.0362. The van der Waals surface area contributed by atoms with Crippen LogP contribution in [0.5, 0.6) is 0 Å². The number of carbonyl (C=O) groups is 1. The number of rotatable bonds is 5. The zero-order chi connectivity index (χ0) is 17.2. The van der Waals surface area contributed by atoms with E-state index in [4.69, 9.17) is 4.52 Å². The van der Waals surface area contributed by atoms with Crippen molar-refractivity contribution in [3.8, 4) is 0 Å². The van der Waals surface area contributed by atoms with Crippen LogP contribution in [0.15, 0.2) is 34.9 Å². The van der Waals surface area contributed by atoms with E-state index >= 15 is 0 Å². The normalized spacial score (nSPS) is 20.7. The molecule has 0 N–H and O–H groups in total. The van der Waals surface area contributed by atoms with Crippen LogP contribution in [0.1, 0.15) is 59.8 Å². The van der Waals surface area contributed by atoms with Crippen LogP contribution in [0.3, 0.4) is 0 Å². The smallest absolute Gasteiger partial charge is 0.292 e. The monoisotopic (exact) mass is 342 g/mol. The van der Waals surface area contributed by atoms with Crippen LogP contribution in [0.4, 0.5) is 4.39 Å². The minimum atomic E-state index is -0.198. The maximum atomic E-state index is 13.0. The number of benzene rings is 1. The molecule has 2 aliphatic rings. The summed E-state index contributed by atoms with van der Waals surface area (Å²) in [7, 11) is 0. The number of aryl methyl sites for hydroxylation is 1. The van der Waals surface area contributed by atoms with Crippen molar-refractivity contribution in [3.63, 3.8) is 0 Å². The molecule has 2 aromatic rings. The van der Waals surface area contributed by atoms with Gasteiger partial charge < -0.3 is 9.42 Å². The predicted molar refractivity (Wildman–Crippen MR) is 91.8 cm³/mol. The second kappa shape index (κ2) is 6.98. The van der Waals surface area contributed by atoms with Gasteiger partial charge in [-0.25, -0.2) is 4.39 Å². The summed E-state index contributed by atoms with van der Waals surface area (Å²) in [6.07, 6.45) is 6.38. The highest BCUT2D eigenvalue weighted by atomic mass is 19.1. The SMILES string of the molecule is O=C(c1cc(C2CC2)no1)N1CCCC(CCc2ccc(F)cc2)C1. The summed E-state index contributed by atoms with van der Waals surface area (Å²) in [6.45, 7) is 1.55. The Balaban J connectivity index is 1.33. The fraction of sp³-hybridized carbons (Fsp3) is 0.500. The molecular weight excluding hydrogens is 319 g/mol. The topological polar surface area (TPSA) is 46.3 Å². The number of amides is 1. The quantitative estimate of drug-likeness (QED) is 0.819. The van der Waals surface area contributed by atoms with Gasteiger partial charge in [0.15, 0.2) is 0 Å². The van der Waals surface area contributed by atoms with Crippen molar-refractivity contribution >= 4 is 5.91 Å². The lowest BCUT2D eigenvalue weighted by Gasteiger charge is -2.32. The molecule has 4 nitrogen and oxygen atoms in total. The lowest BCUT2D eigenvalue weighted by molar-refractivity contribution is 0.0626. The molecule has 132 valence electrons. The lowest BCUT2D eigenvalue weighted by atomic mass is 9.91. The summed E-state index contributed by atoms with van der Waals surface area (Å²) in [5.41, 5.74) is 2.07. The molecule has 0 spiro atoms. The van der Waals surface area contributed by atoms with Gasteiger partial charge in [-0.15, -0.1) is 0 Å². The second-order valence-corrected chi connectivity index (χ2v) is 7.31. The second-order valence-electron chi connectivity index (χ2n) is 7.31. The fourth-order valence-corrected chi connectivity index (χ4v) is 3.62. The van der Waals surface area contributed by atoms with E-state index < -0.39 is 0 Å². The van der Waals surface area contributed by atoms with E-state index in [1.54, 1.807) is 0 Å². The summed E-state index contributed by atoms with van der Waals surface area (Å²) in [5.74, 6) is 1.12. The Morgan fingerprint density at radius 1 is 1.24 bits per heavy atom. The molecule has 1 amide bonds. The molecule has 1 saturated carbocycles. The Morgan fingerprint density at radius 3 is 2.80 bits per heavy atom. The number of likely N-dealkylation sites (tertiary alicyclic amines) is 1. The molecule has 1 aliphatic heterocycles. The van der Waals surface area contributed by atoms with Crippen molar-refractivity contribution in [3.05, 3.63) is 53.2 Å². The number of carbonyl (C=O) groups excluding carboxylic acids is 1. The van der Waals surface area contributed by atoms with Gasteiger partial charge in [-0.1, -0.05) is 17.3 Å². The van der Waals surface area contributed by atoms with Gasteiger partial charge in [0.2, 0.25) is 5.76 Å². The van der Waals surface area contributed by atoms with E-state index in [0.717, 1.165) is 62.9 Å². The van der Waals surface area contributed by atoms with Gasteiger partial charge in [-0.3, -0.25) is 4.79 Å². The van der Waals surface area contributed by atoms with E-state index in [2.05, 4.69) is 5.16 Å². The van der Waals surface area contributed by atoms with Gasteiger partial charge in [0.05, 0.1) is 5.69 Å². The van der Waals surface area contributed by atoms with E-state index in [0.29, 0.717) is 17.6 Å². The standard InChI is InChI=1S/C20H23FN2O2/c21-17-9-5-14(6-10-17)3-4-15-2-1-11-23(13-15)20(24)19-12-18(22-25-19)16-7-8-16/h5-6,9-10,12,15-16H,1-4,7-8,11,13H2. The molecule has 5 heteroatoms. The molecule has 1 aromatic heterocycles. The zero-order valence-corrected chi connectivity index (χ0v) is 14.3. The van der Waals surface area contributed by atoms with Crippen LogP contribution in [0, 0.1) is 11.7 Å². The molecule has 2 heterocycles. The molecule has 1 saturated heterocycles. The molecule has 25 heavy (non-hydrogen) atoms. The Morgan fingerprint density at radius 2 is 2.04 bits per heavy atom. The Bertz CT molecular complexity index is 736. The molecule has 2 fully saturated rings. The van der Waals surface area contributed by atoms with Crippen LogP contribution < -0.4 is 0 Å². The summed E-state index contributed by atoms with van der Waals surface area (Å²) in [4.78, 5) is 14.6. The van der Waals surface area contributed by atoms with Crippen molar-refractivity contribution in [2.45, 2.75) is 44.4 Å². The van der Waals surface area contributed by atoms with Crippen LogP contribution >= 0.6 is 0 Å². The summed E-state index contributed by atoms with van der Waals surface area (Å²) in [5, 5.41) is 4.04. The fourth-order valence-electron chi connectivity index (χ4n) is 3.62. The van der Waals surface area contributed by atoms with Crippen molar-refractivity contribution < 1.29 is 13.7 Å². The van der Waals surface area contributed by atoms with Crippen LogP contribution in [0.25, 0.3) is 0 Å². The van der Waals surface area contributed by atoms with Crippen LogP contribution in [-0.4, -0.2) is 29.1 Å². The van der Waals surface area contributed by atoms with Crippen molar-refractivity contribution in [2.75, 3.05) is 13.1 Å². The van der Waals surface area contributed by atoms with Crippen LogP contribution in [-0.2, 0) is 6.42 Å². The molecule has 0 bridgehead atoms. The van der Waals surface area contributed by atoms with E-state index in [9.17, 15) is 9.18 Å². The average Bonchev–Trinajstić information content (AvgIpc) is 3.38. The average molecular weight is 342 g/mol. The molecule has 1 atom stereocenters. The third-order valence-electron chi connectivity index (χ3n) is 5.30. The highest BCUT2D eigenvalue weighted by Gasteiger charge is 2.31. The van der Waals surface area contributed by atoms with Gasteiger partial charge in [0.1, 0.15) is 5.82 Å². The summed E-state index contributed by atoms with van der Waals surface area (Å²) in [6, 6.07) is 8.52. The first kappa shape index (κ1) is 16.3. The van der Waals surface area contributed by atoms with E-state index in [-0.39, 0.29) is 11.7 Å². The Hall–Kier alpha value is -2.17. The Labute approximate surface area is 147 Å². The number of hydrogen-bond acceptors (Lipinski definition) is 3. The maximum absolute atomic E-state index is 13.0. The molecule has 4 rings (SSSR count). The summed E-state index contributed by atoms with van der Waals surface area (Å²) >= 11 is 0. The zero-order valence-electron chi connectivity index (χ0n) is 14.3. The predicted octanol–water partition coefficient (Wildman–Crippen LogP) is 4.18. The molecule has 0 radical (unpaired) electrons. The number of aromatic nitrogens is 1. The minimum Gasteiger partial charge on any atom is -0.351 e. The number of piperidine rings is 1. The first-order valence-corrected chi connectivity index (χ1v) is 9.19. The molecular formula is C20H23FN2O2.